The molecule has 4 aliphatic heterocycles. The molecular formula is C35H34F2N6O12P2S. The maximum Gasteiger partial charge on any atom is 0.472 e. The fourth-order valence-corrected chi connectivity index (χ4v) is 11.0. The summed E-state index contributed by atoms with van der Waals surface area (Å²) in [6.45, 7) is -4.49. The second-order valence-corrected chi connectivity index (χ2v) is 19.1. The minimum Gasteiger partial charge on any atom is -0.382 e. The maximum atomic E-state index is 16.5. The first-order chi connectivity index (χ1) is 27.7. The van der Waals surface area contributed by atoms with Gasteiger partial charge < -0.3 is 20.1 Å². The number of imidazole rings is 1. The van der Waals surface area contributed by atoms with Crippen molar-refractivity contribution in [1.82, 2.24) is 24.4 Å². The Morgan fingerprint density at radius 2 is 1.60 bits per heavy atom. The second kappa shape index (κ2) is 16.1. The molecule has 3 fully saturated rings. The van der Waals surface area contributed by atoms with Crippen molar-refractivity contribution in [3.05, 3.63) is 95.7 Å². The van der Waals surface area contributed by atoms with Crippen molar-refractivity contribution in [2.24, 2.45) is 0 Å². The molecule has 2 bridgehead atoms. The fourth-order valence-electron chi connectivity index (χ4n) is 6.71. The highest BCUT2D eigenvalue weighted by atomic mass is 32.7. The van der Waals surface area contributed by atoms with Crippen LogP contribution < -0.4 is 5.73 Å². The normalized spacial score (nSPS) is 33.1. The van der Waals surface area contributed by atoms with Gasteiger partial charge in [-0.25, -0.2) is 32.9 Å². The number of aryl methyl sites for hydroxylation is 1. The van der Waals surface area contributed by atoms with Crippen LogP contribution in [0, 0.1) is 6.92 Å². The largest absolute Gasteiger partial charge is 0.472 e. The van der Waals surface area contributed by atoms with E-state index in [2.05, 4.69) is 15.0 Å². The molecule has 4 aromatic rings. The molecule has 1 amide bonds. The van der Waals surface area contributed by atoms with Gasteiger partial charge in [0.15, 0.2) is 47.8 Å². The third-order valence-corrected chi connectivity index (χ3v) is 14.4. The number of halogens is 2. The predicted octanol–water partition coefficient (Wildman–Crippen LogP) is 4.52. The number of amides is 1. The van der Waals surface area contributed by atoms with E-state index in [-0.39, 0.29) is 28.5 Å². The Kier molecular flexibility index (Phi) is 11.2. The van der Waals surface area contributed by atoms with E-state index in [4.69, 9.17) is 33.3 Å². The number of ether oxygens (including phenoxy) is 2. The van der Waals surface area contributed by atoms with Gasteiger partial charge in [0, 0.05) is 23.1 Å². The van der Waals surface area contributed by atoms with Gasteiger partial charge in [-0.15, -0.1) is 0 Å². The van der Waals surface area contributed by atoms with Crippen molar-refractivity contribution < 1.29 is 64.8 Å². The van der Waals surface area contributed by atoms with Gasteiger partial charge in [-0.05, 0) is 29.9 Å². The van der Waals surface area contributed by atoms with Crippen LogP contribution in [0.15, 0.2) is 73.5 Å². The molecule has 0 radical (unpaired) electrons. The van der Waals surface area contributed by atoms with Crippen LogP contribution in [0.1, 0.15) is 39.7 Å². The summed E-state index contributed by atoms with van der Waals surface area (Å²) < 4.78 is 96.0. The summed E-state index contributed by atoms with van der Waals surface area (Å²) in [5.41, 5.74) is 8.61. The van der Waals surface area contributed by atoms with E-state index in [1.54, 1.807) is 36.4 Å². The number of phosphoric ester groups is 1. The predicted molar refractivity (Wildman–Crippen MR) is 199 cm³/mol. The number of aromatic nitrogens is 4. The number of hydrogen-bond acceptors (Lipinski definition) is 16. The Morgan fingerprint density at radius 1 is 0.914 bits per heavy atom. The zero-order valence-electron chi connectivity index (χ0n) is 30.2. The standard InChI is InChI=1S/C35H34F2N6O12P2S/c1-18-2-6-20(7-3-18)29(46)21-8-4-19(5-9-21)15-58-57(49)51-14-24-30(27(37)34(53-24)42-11-10-22(44)12-25(42)45)54-56(47,48)50-13-23-26(36)31(55-57)35(52-23)43-17-41-28-32(38)39-16-40-33(28)43/h2-11,16-17,23-24,26-27,30-31,34-35H,12-15H2,1H3,(H,47,48)(H2,38,39,40)/t23-,24-,26-,27-,30-,31-,34-,35-,57?/m1/s1. The van der Waals surface area contributed by atoms with Crippen molar-refractivity contribution in [3.63, 3.8) is 0 Å². The third kappa shape index (κ3) is 8.16. The van der Waals surface area contributed by atoms with Crippen molar-refractivity contribution in [2.75, 3.05) is 18.9 Å². The van der Waals surface area contributed by atoms with Crippen LogP contribution in [0.2, 0.25) is 0 Å². The average Bonchev–Trinajstić information content (AvgIpc) is 3.86. The van der Waals surface area contributed by atoms with Crippen molar-refractivity contribution >= 4 is 60.5 Å². The average molecular weight is 863 g/mol. The summed E-state index contributed by atoms with van der Waals surface area (Å²) >= 11 is 0.625. The van der Waals surface area contributed by atoms with Crippen LogP contribution in [-0.2, 0) is 52.0 Å². The molecule has 6 heterocycles. The lowest BCUT2D eigenvalue weighted by atomic mass is 10.0. The van der Waals surface area contributed by atoms with E-state index in [0.29, 0.717) is 28.1 Å². The summed E-state index contributed by atoms with van der Waals surface area (Å²) in [6.07, 6.45) is -11.0. The number of carbonyl (C=O) groups is 3. The molecule has 306 valence electrons. The molecule has 8 rings (SSSR count). The number of fused-ring (bicyclic) bond motifs is 4. The van der Waals surface area contributed by atoms with E-state index in [1.165, 1.54) is 10.9 Å². The molecule has 2 unspecified atom stereocenters. The lowest BCUT2D eigenvalue weighted by Crippen LogP contribution is -2.44. The molecule has 2 aromatic heterocycles. The van der Waals surface area contributed by atoms with Crippen LogP contribution in [0.4, 0.5) is 14.6 Å². The molecule has 18 nitrogen and oxygen atoms in total. The molecule has 0 spiro atoms. The van der Waals surface area contributed by atoms with E-state index < -0.39 is 95.2 Å². The van der Waals surface area contributed by atoms with E-state index in [1.807, 2.05) is 19.1 Å². The Morgan fingerprint density at radius 3 is 2.33 bits per heavy atom. The number of carbonyl (C=O) groups excluding carboxylic acids is 3. The van der Waals surface area contributed by atoms with Gasteiger partial charge in [0.2, 0.25) is 5.91 Å². The Hall–Kier alpha value is -4.27. The topological polar surface area (TPSA) is 234 Å². The highest BCUT2D eigenvalue weighted by Crippen LogP contribution is 2.65. The van der Waals surface area contributed by atoms with E-state index >= 15 is 8.78 Å². The minimum atomic E-state index is -5.25. The number of anilines is 1. The Balaban J connectivity index is 1.11. The number of hydrogen-bond donors (Lipinski definition) is 2. The first kappa shape index (κ1) is 40.5. The second-order valence-electron chi connectivity index (χ2n) is 13.7. The Bertz CT molecular complexity index is 2380. The number of nitrogens with zero attached hydrogens (tertiary/aromatic N) is 5. The van der Waals surface area contributed by atoms with Crippen molar-refractivity contribution in [1.29, 1.82) is 0 Å². The third-order valence-electron chi connectivity index (χ3n) is 9.72. The number of benzene rings is 2. The molecule has 3 saturated heterocycles. The molecule has 4 aliphatic rings. The molecule has 3 N–H and O–H groups in total. The quantitative estimate of drug-likeness (QED) is 0.148. The molecule has 23 heteroatoms. The van der Waals surface area contributed by atoms with Gasteiger partial charge in [0.05, 0.1) is 26.0 Å². The molecule has 2 aromatic carbocycles. The number of alkyl halides is 2. The van der Waals surface area contributed by atoms with Crippen molar-refractivity contribution in [2.45, 2.75) is 68.3 Å². The first-order valence-corrected chi connectivity index (χ1v) is 22.3. The lowest BCUT2D eigenvalue weighted by Gasteiger charge is -2.28. The van der Waals surface area contributed by atoms with Crippen LogP contribution in [-0.4, -0.2) is 103 Å². The lowest BCUT2D eigenvalue weighted by molar-refractivity contribution is -0.146. The number of allylic oxidation sites excluding steroid dienone is 1. The zero-order valence-corrected chi connectivity index (χ0v) is 32.8. The molecule has 58 heavy (non-hydrogen) atoms. The van der Waals surface area contributed by atoms with E-state index in [0.717, 1.165) is 29.1 Å². The minimum absolute atomic E-state index is 0.00326. The summed E-state index contributed by atoms with van der Waals surface area (Å²) in [4.78, 5) is 61.4. The number of nitrogens with two attached hydrogens (primary N) is 1. The number of rotatable bonds is 7. The smallest absolute Gasteiger partial charge is 0.382 e. The van der Waals surface area contributed by atoms with Gasteiger partial charge >= 0.3 is 14.6 Å². The van der Waals surface area contributed by atoms with Gasteiger partial charge in [0.1, 0.15) is 36.3 Å². The molecular weight excluding hydrogens is 828 g/mol. The number of nitrogen functional groups attached to an aromatic ring is 1. The molecule has 0 aliphatic carbocycles. The van der Waals surface area contributed by atoms with E-state index in [9.17, 15) is 28.4 Å². The highest BCUT2D eigenvalue weighted by Gasteiger charge is 2.56. The summed E-state index contributed by atoms with van der Waals surface area (Å²) in [6, 6.07) is 13.5. The molecule has 0 saturated carbocycles. The van der Waals surface area contributed by atoms with Crippen LogP contribution in [0.25, 0.3) is 11.2 Å². The van der Waals surface area contributed by atoms with Crippen molar-refractivity contribution in [3.8, 4) is 0 Å². The summed E-state index contributed by atoms with van der Waals surface area (Å²) in [5.74, 6) is -1.65. The number of ketones is 2. The monoisotopic (exact) mass is 862 g/mol. The summed E-state index contributed by atoms with van der Waals surface area (Å²) in [5, 5.41) is 0. The fraction of sp³-hybridized carbons (Fsp3) is 0.371. The maximum absolute atomic E-state index is 16.5. The van der Waals surface area contributed by atoms with Gasteiger partial charge in [-0.2, -0.15) is 0 Å². The highest BCUT2D eigenvalue weighted by molar-refractivity contribution is 8.54. The Labute approximate surface area is 331 Å². The summed E-state index contributed by atoms with van der Waals surface area (Å²) in [7, 11) is -5.25. The van der Waals surface area contributed by atoms with Crippen LogP contribution in [0.5, 0.6) is 0 Å². The van der Waals surface area contributed by atoms with Gasteiger partial charge in [-0.3, -0.25) is 41.9 Å². The zero-order chi connectivity index (χ0) is 40.9. The molecule has 10 atom stereocenters. The van der Waals surface area contributed by atoms with Gasteiger partial charge in [0.25, 0.3) is 0 Å². The van der Waals surface area contributed by atoms with Gasteiger partial charge in [-0.1, -0.05) is 54.1 Å². The first-order valence-electron chi connectivity index (χ1n) is 17.7. The van der Waals surface area contributed by atoms with Crippen LogP contribution >= 0.6 is 26.0 Å². The van der Waals surface area contributed by atoms with Crippen LogP contribution in [0.3, 0.4) is 0 Å². The number of phosphoric acid groups is 1. The SMILES string of the molecule is Cc1ccc(C(=O)c2ccc(CSP3(=O)OC[C@H]4O[C@@H](N5C=CC(=O)CC5=O)[C@H](F)[C@@H]4OP(=O)(O)OC[C@H]4O[C@@H](n5cnc6c(N)ncnc65)[C@H](O3)[C@@H]4F)cc2)cc1.